The molecule has 0 saturated carbocycles. The summed E-state index contributed by atoms with van der Waals surface area (Å²) in [6.07, 6.45) is 5.01. The molecule has 0 radical (unpaired) electrons. The lowest BCUT2D eigenvalue weighted by molar-refractivity contribution is -0.122. The molecule has 32 heavy (non-hydrogen) atoms. The summed E-state index contributed by atoms with van der Waals surface area (Å²) < 4.78 is 6.00. The van der Waals surface area contributed by atoms with E-state index in [9.17, 15) is 9.59 Å². The number of nitrogens with zero attached hydrogens (tertiary/aromatic N) is 2. The number of rotatable bonds is 4. The number of likely N-dealkylation sites (tertiary alicyclic amines) is 1. The first-order chi connectivity index (χ1) is 15.7. The standard InChI is InChI=1S/C26H25N3O3/c30-25(24-20-7-1-3-9-22(20)32-23-10-4-2-8-21(23)24)28-16-18-11-14-29(15-12-18)26(31)19-6-5-13-27-17-19/h1-10,13,17-18,24H,11-12,14-16H2,(H,28,30). The van der Waals surface area contributed by atoms with Crippen LogP contribution in [-0.4, -0.2) is 41.3 Å². The molecule has 1 aromatic heterocycles. The third-order valence-corrected chi connectivity index (χ3v) is 6.32. The molecule has 1 fully saturated rings. The van der Waals surface area contributed by atoms with Crippen LogP contribution in [0.3, 0.4) is 0 Å². The normalized spacial score (nSPS) is 15.9. The second-order valence-corrected chi connectivity index (χ2v) is 8.33. The zero-order chi connectivity index (χ0) is 21.9. The predicted molar refractivity (Wildman–Crippen MR) is 121 cm³/mol. The van der Waals surface area contributed by atoms with Gasteiger partial charge in [-0.15, -0.1) is 0 Å². The molecule has 2 aliphatic heterocycles. The lowest BCUT2D eigenvalue weighted by Crippen LogP contribution is -2.42. The van der Waals surface area contributed by atoms with Crippen molar-refractivity contribution in [1.82, 2.24) is 15.2 Å². The minimum Gasteiger partial charge on any atom is -0.457 e. The number of amides is 2. The van der Waals surface area contributed by atoms with E-state index < -0.39 is 0 Å². The number of nitrogens with one attached hydrogen (secondary N) is 1. The van der Waals surface area contributed by atoms with Gasteiger partial charge in [-0.3, -0.25) is 14.6 Å². The number of carbonyl (C=O) groups excluding carboxylic acids is 2. The highest BCUT2D eigenvalue weighted by Gasteiger charge is 2.33. The fourth-order valence-electron chi connectivity index (χ4n) is 4.55. The molecule has 0 aliphatic carbocycles. The quantitative estimate of drug-likeness (QED) is 0.684. The van der Waals surface area contributed by atoms with Crippen molar-refractivity contribution in [3.8, 4) is 11.5 Å². The highest BCUT2D eigenvalue weighted by Crippen LogP contribution is 2.43. The van der Waals surface area contributed by atoms with E-state index in [1.54, 1.807) is 24.5 Å². The fourth-order valence-corrected chi connectivity index (χ4v) is 4.55. The monoisotopic (exact) mass is 427 g/mol. The second kappa shape index (κ2) is 8.83. The zero-order valence-corrected chi connectivity index (χ0v) is 17.7. The van der Waals surface area contributed by atoms with Gasteiger partial charge in [-0.25, -0.2) is 0 Å². The Bertz CT molecular complexity index is 1080. The summed E-state index contributed by atoms with van der Waals surface area (Å²) in [5.41, 5.74) is 2.40. The molecule has 2 aromatic carbocycles. The van der Waals surface area contributed by atoms with Gasteiger partial charge in [-0.05, 0) is 43.0 Å². The maximum atomic E-state index is 13.3. The van der Waals surface area contributed by atoms with Gasteiger partial charge < -0.3 is 15.0 Å². The first kappa shape index (κ1) is 20.2. The van der Waals surface area contributed by atoms with Gasteiger partial charge in [0.15, 0.2) is 0 Å². The van der Waals surface area contributed by atoms with E-state index in [2.05, 4.69) is 10.3 Å². The largest absolute Gasteiger partial charge is 0.457 e. The topological polar surface area (TPSA) is 71.5 Å². The van der Waals surface area contributed by atoms with Gasteiger partial charge >= 0.3 is 0 Å². The zero-order valence-electron chi connectivity index (χ0n) is 17.7. The molecular weight excluding hydrogens is 402 g/mol. The number of benzene rings is 2. The number of piperidine rings is 1. The molecule has 6 nitrogen and oxygen atoms in total. The molecule has 0 unspecified atom stereocenters. The van der Waals surface area contributed by atoms with Crippen molar-refractivity contribution in [3.05, 3.63) is 89.7 Å². The Balaban J connectivity index is 1.22. The Hall–Kier alpha value is -3.67. The summed E-state index contributed by atoms with van der Waals surface area (Å²) in [5.74, 6) is 1.44. The SMILES string of the molecule is O=C(NCC1CCN(C(=O)c2cccnc2)CC1)C1c2ccccc2Oc2ccccc21. The van der Waals surface area contributed by atoms with Crippen molar-refractivity contribution >= 4 is 11.8 Å². The summed E-state index contributed by atoms with van der Waals surface area (Å²) in [5, 5.41) is 3.17. The lowest BCUT2D eigenvalue weighted by Gasteiger charge is -2.33. The van der Waals surface area contributed by atoms with E-state index in [-0.39, 0.29) is 17.7 Å². The Morgan fingerprint density at radius 3 is 2.22 bits per heavy atom. The van der Waals surface area contributed by atoms with Crippen LogP contribution in [0.2, 0.25) is 0 Å². The van der Waals surface area contributed by atoms with Crippen LogP contribution < -0.4 is 10.1 Å². The first-order valence-electron chi connectivity index (χ1n) is 11.0. The van der Waals surface area contributed by atoms with Crippen molar-refractivity contribution in [2.24, 2.45) is 5.92 Å². The maximum Gasteiger partial charge on any atom is 0.255 e. The van der Waals surface area contributed by atoms with E-state index >= 15 is 0 Å². The van der Waals surface area contributed by atoms with Gasteiger partial charge in [0.05, 0.1) is 11.5 Å². The van der Waals surface area contributed by atoms with Gasteiger partial charge in [0.25, 0.3) is 5.91 Å². The molecule has 2 aliphatic rings. The van der Waals surface area contributed by atoms with Gasteiger partial charge in [-0.1, -0.05) is 36.4 Å². The van der Waals surface area contributed by atoms with Crippen LogP contribution >= 0.6 is 0 Å². The number of aromatic nitrogens is 1. The van der Waals surface area contributed by atoms with Crippen molar-refractivity contribution in [3.63, 3.8) is 0 Å². The van der Waals surface area contributed by atoms with Gasteiger partial charge in [-0.2, -0.15) is 0 Å². The Labute approximate surface area is 187 Å². The van der Waals surface area contributed by atoms with Crippen LogP contribution in [0.1, 0.15) is 40.2 Å². The first-order valence-corrected chi connectivity index (χ1v) is 11.0. The summed E-state index contributed by atoms with van der Waals surface area (Å²) in [6, 6.07) is 19.0. The number of ether oxygens (including phenoxy) is 1. The highest BCUT2D eigenvalue weighted by molar-refractivity contribution is 5.94. The van der Waals surface area contributed by atoms with Crippen LogP contribution in [0.25, 0.3) is 0 Å². The number of carbonyl (C=O) groups is 2. The minimum absolute atomic E-state index is 0.0120. The average molecular weight is 428 g/mol. The summed E-state index contributed by atoms with van der Waals surface area (Å²) in [4.78, 5) is 31.8. The second-order valence-electron chi connectivity index (χ2n) is 8.33. The molecule has 5 rings (SSSR count). The van der Waals surface area contributed by atoms with E-state index in [1.165, 1.54) is 0 Å². The number of para-hydroxylation sites is 2. The van der Waals surface area contributed by atoms with Gasteiger partial charge in [0.1, 0.15) is 11.5 Å². The number of pyridine rings is 1. The molecule has 2 amide bonds. The third kappa shape index (κ3) is 3.96. The molecular formula is C26H25N3O3. The molecule has 0 atom stereocenters. The average Bonchev–Trinajstić information content (AvgIpc) is 2.86. The molecule has 162 valence electrons. The molecule has 1 N–H and O–H groups in total. The number of fused-ring (bicyclic) bond motifs is 2. The van der Waals surface area contributed by atoms with Crippen molar-refractivity contribution < 1.29 is 14.3 Å². The smallest absolute Gasteiger partial charge is 0.255 e. The molecule has 3 heterocycles. The van der Waals surface area contributed by atoms with E-state index in [4.69, 9.17) is 4.74 Å². The van der Waals surface area contributed by atoms with Crippen LogP contribution in [0.15, 0.2) is 73.1 Å². The predicted octanol–water partition coefficient (Wildman–Crippen LogP) is 3.99. The van der Waals surface area contributed by atoms with Crippen LogP contribution in [0.5, 0.6) is 11.5 Å². The van der Waals surface area contributed by atoms with Crippen molar-refractivity contribution in [2.45, 2.75) is 18.8 Å². The van der Waals surface area contributed by atoms with E-state index in [0.717, 1.165) is 35.5 Å². The molecule has 6 heteroatoms. The van der Waals surface area contributed by atoms with Gasteiger partial charge in [0.2, 0.25) is 5.91 Å². The fraction of sp³-hybridized carbons (Fsp3) is 0.269. The summed E-state index contributed by atoms with van der Waals surface area (Å²) in [7, 11) is 0. The van der Waals surface area contributed by atoms with Crippen LogP contribution in [-0.2, 0) is 4.79 Å². The lowest BCUT2D eigenvalue weighted by atomic mass is 9.87. The van der Waals surface area contributed by atoms with Crippen LogP contribution in [0.4, 0.5) is 0 Å². The third-order valence-electron chi connectivity index (χ3n) is 6.32. The molecule has 1 saturated heterocycles. The Morgan fingerprint density at radius 1 is 0.938 bits per heavy atom. The van der Waals surface area contributed by atoms with E-state index in [1.807, 2.05) is 53.4 Å². The highest BCUT2D eigenvalue weighted by atomic mass is 16.5. The Morgan fingerprint density at radius 2 is 1.59 bits per heavy atom. The van der Waals surface area contributed by atoms with Crippen molar-refractivity contribution in [2.75, 3.05) is 19.6 Å². The van der Waals surface area contributed by atoms with Gasteiger partial charge in [0, 0.05) is 43.2 Å². The maximum absolute atomic E-state index is 13.3. The number of hydrogen-bond donors (Lipinski definition) is 1. The molecule has 0 spiro atoms. The summed E-state index contributed by atoms with van der Waals surface area (Å²) in [6.45, 7) is 1.99. The minimum atomic E-state index is -0.386. The number of hydrogen-bond acceptors (Lipinski definition) is 4. The summed E-state index contributed by atoms with van der Waals surface area (Å²) >= 11 is 0. The Kier molecular flexibility index (Phi) is 5.58. The molecule has 0 bridgehead atoms. The van der Waals surface area contributed by atoms with Crippen molar-refractivity contribution in [1.29, 1.82) is 0 Å². The van der Waals surface area contributed by atoms with Crippen LogP contribution in [0, 0.1) is 5.92 Å². The molecule has 3 aromatic rings. The van der Waals surface area contributed by atoms with E-state index in [0.29, 0.717) is 31.1 Å².